The second kappa shape index (κ2) is 8.53. The predicted octanol–water partition coefficient (Wildman–Crippen LogP) is 12.2. The minimum absolute atomic E-state index is 0.113. The predicted molar refractivity (Wildman–Crippen MR) is 195 cm³/mol. The molecule has 0 saturated heterocycles. The molecule has 214 valence electrons. The van der Waals surface area contributed by atoms with Crippen molar-refractivity contribution in [3.8, 4) is 44.5 Å². The van der Waals surface area contributed by atoms with Crippen LogP contribution in [0.2, 0.25) is 0 Å². The van der Waals surface area contributed by atoms with Gasteiger partial charge in [0.25, 0.3) is 0 Å². The molecule has 1 atom stereocenters. The molecule has 0 amide bonds. The van der Waals surface area contributed by atoms with E-state index in [2.05, 4.69) is 157 Å². The lowest BCUT2D eigenvalue weighted by molar-refractivity contribution is 0.605. The van der Waals surface area contributed by atoms with Crippen molar-refractivity contribution < 1.29 is 0 Å². The number of benzene rings is 7. The number of allylic oxidation sites excluding steroid dienone is 4. The molecule has 1 unspecified atom stereocenters. The van der Waals surface area contributed by atoms with Crippen LogP contribution in [-0.2, 0) is 5.41 Å². The summed E-state index contributed by atoms with van der Waals surface area (Å²) in [5.74, 6) is 0. The normalized spacial score (nSPS) is 17.3. The molecule has 11 rings (SSSR count). The maximum absolute atomic E-state index is 2.54. The molecule has 3 aliphatic rings. The quantitative estimate of drug-likeness (QED) is 0.191. The van der Waals surface area contributed by atoms with Gasteiger partial charge in [-0.05, 0) is 84.6 Å². The lowest BCUT2D eigenvalue weighted by Crippen LogP contribution is -2.21. The Morgan fingerprint density at radius 2 is 1.17 bits per heavy atom. The summed E-state index contributed by atoms with van der Waals surface area (Å²) in [5.41, 5.74) is 15.9. The molecule has 1 aromatic heterocycles. The van der Waals surface area contributed by atoms with Crippen LogP contribution >= 0.6 is 0 Å². The van der Waals surface area contributed by atoms with Crippen LogP contribution < -0.4 is 0 Å². The van der Waals surface area contributed by atoms with Crippen molar-refractivity contribution in [3.63, 3.8) is 0 Å². The van der Waals surface area contributed by atoms with Gasteiger partial charge < -0.3 is 4.57 Å². The molecule has 0 saturated carbocycles. The second-order valence-corrected chi connectivity index (χ2v) is 13.5. The number of fused-ring (bicyclic) bond motifs is 10. The standard InChI is InChI=1S/C45H29N/c1-45(39-22-21-34-30-12-3-2-11-29(30)32-15-8-16-37(39)42(32)34)25-23-28(24-26-45)46-40-18-5-4-13-31(40)36-20-19-35-33-14-6-9-27-10-7-17-38(41(27)33)43(35)44(36)46/h2-25H,26H2,1H3. The van der Waals surface area contributed by atoms with E-state index in [0.29, 0.717) is 0 Å². The van der Waals surface area contributed by atoms with Gasteiger partial charge in [-0.2, -0.15) is 0 Å². The summed E-state index contributed by atoms with van der Waals surface area (Å²) < 4.78 is 2.54. The third-order valence-electron chi connectivity index (χ3n) is 11.1. The van der Waals surface area contributed by atoms with Crippen molar-refractivity contribution in [2.45, 2.75) is 18.8 Å². The fourth-order valence-electron chi connectivity index (χ4n) is 8.99. The lowest BCUT2D eigenvalue weighted by Gasteiger charge is -2.31. The first-order valence-electron chi connectivity index (χ1n) is 16.3. The Morgan fingerprint density at radius 3 is 1.98 bits per heavy atom. The third-order valence-corrected chi connectivity index (χ3v) is 11.1. The summed E-state index contributed by atoms with van der Waals surface area (Å²) in [4.78, 5) is 0. The first-order valence-corrected chi connectivity index (χ1v) is 16.3. The van der Waals surface area contributed by atoms with Gasteiger partial charge in [-0.1, -0.05) is 140 Å². The molecule has 3 aliphatic carbocycles. The molecule has 8 aromatic rings. The van der Waals surface area contributed by atoms with Gasteiger partial charge in [-0.25, -0.2) is 0 Å². The maximum atomic E-state index is 2.54. The monoisotopic (exact) mass is 583 g/mol. The van der Waals surface area contributed by atoms with Crippen molar-refractivity contribution in [2.24, 2.45) is 0 Å². The molecule has 7 aromatic carbocycles. The second-order valence-electron chi connectivity index (χ2n) is 13.5. The van der Waals surface area contributed by atoms with Crippen LogP contribution in [0.5, 0.6) is 0 Å². The number of hydrogen-bond donors (Lipinski definition) is 0. The summed E-state index contributed by atoms with van der Waals surface area (Å²) >= 11 is 0. The van der Waals surface area contributed by atoms with E-state index in [1.54, 1.807) is 0 Å². The van der Waals surface area contributed by atoms with Crippen molar-refractivity contribution in [2.75, 3.05) is 0 Å². The fraction of sp³-hybridized carbons (Fsp3) is 0.0667. The van der Waals surface area contributed by atoms with Crippen molar-refractivity contribution >= 4 is 49.0 Å². The Balaban J connectivity index is 1.11. The molecule has 0 bridgehead atoms. The van der Waals surface area contributed by atoms with Gasteiger partial charge in [0, 0.05) is 27.4 Å². The molecule has 1 heteroatoms. The summed E-state index contributed by atoms with van der Waals surface area (Å²) in [6.07, 6.45) is 8.26. The number of rotatable bonds is 2. The molecule has 1 heterocycles. The molecule has 0 spiro atoms. The van der Waals surface area contributed by atoms with Gasteiger partial charge in [-0.3, -0.25) is 0 Å². The summed E-state index contributed by atoms with van der Waals surface area (Å²) in [5, 5.41) is 8.07. The summed E-state index contributed by atoms with van der Waals surface area (Å²) in [7, 11) is 0. The molecule has 46 heavy (non-hydrogen) atoms. The zero-order valence-electron chi connectivity index (χ0n) is 25.5. The zero-order valence-corrected chi connectivity index (χ0v) is 25.5. The molecule has 1 nitrogen and oxygen atoms in total. The van der Waals surface area contributed by atoms with Gasteiger partial charge in [0.2, 0.25) is 0 Å². The SMILES string of the molecule is CC1(c2ccc3c4c(cccc24)-c2ccccc2-3)C=CC(n2c3ccccc3c3ccc4c(c32)-c2cccc3cccc-4c23)=CC1. The van der Waals surface area contributed by atoms with Crippen LogP contribution in [-0.4, -0.2) is 4.57 Å². The Labute approximate surface area is 267 Å². The Kier molecular flexibility index (Phi) is 4.57. The van der Waals surface area contributed by atoms with Crippen LogP contribution in [0.1, 0.15) is 18.9 Å². The summed E-state index contributed by atoms with van der Waals surface area (Å²) in [6.45, 7) is 2.41. The van der Waals surface area contributed by atoms with Gasteiger partial charge >= 0.3 is 0 Å². The Hall–Kier alpha value is -5.66. The number of nitrogens with zero attached hydrogens (tertiary/aromatic N) is 1. The van der Waals surface area contributed by atoms with Crippen LogP contribution in [0.15, 0.2) is 146 Å². The van der Waals surface area contributed by atoms with E-state index in [0.717, 1.165) is 6.42 Å². The van der Waals surface area contributed by atoms with E-state index in [1.165, 1.54) is 99.1 Å². The highest BCUT2D eigenvalue weighted by molar-refractivity contribution is 6.25. The van der Waals surface area contributed by atoms with Gasteiger partial charge in [0.05, 0.1) is 11.0 Å². The topological polar surface area (TPSA) is 4.93 Å². The highest BCUT2D eigenvalue weighted by Gasteiger charge is 2.32. The van der Waals surface area contributed by atoms with Crippen molar-refractivity contribution in [3.05, 3.63) is 151 Å². The van der Waals surface area contributed by atoms with Gasteiger partial charge in [-0.15, -0.1) is 0 Å². The minimum atomic E-state index is -0.113. The number of aromatic nitrogens is 1. The first-order chi connectivity index (χ1) is 22.7. The number of para-hydroxylation sites is 1. The van der Waals surface area contributed by atoms with Crippen molar-refractivity contribution in [1.82, 2.24) is 4.57 Å². The molecule has 0 radical (unpaired) electrons. The zero-order chi connectivity index (χ0) is 30.1. The van der Waals surface area contributed by atoms with E-state index in [1.807, 2.05) is 0 Å². The highest BCUT2D eigenvalue weighted by Crippen LogP contribution is 2.53. The third kappa shape index (κ3) is 2.96. The summed E-state index contributed by atoms with van der Waals surface area (Å²) in [6, 6.07) is 47.6. The number of hydrogen-bond acceptors (Lipinski definition) is 0. The molecule has 0 fully saturated rings. The van der Waals surface area contributed by atoms with Crippen molar-refractivity contribution in [1.29, 1.82) is 0 Å². The molecular formula is C45H29N. The minimum Gasteiger partial charge on any atom is -0.309 e. The lowest BCUT2D eigenvalue weighted by atomic mass is 9.74. The average molecular weight is 584 g/mol. The Bertz CT molecular complexity index is 2700. The van der Waals surface area contributed by atoms with E-state index in [9.17, 15) is 0 Å². The van der Waals surface area contributed by atoms with Crippen LogP contribution in [0.25, 0.3) is 93.6 Å². The maximum Gasteiger partial charge on any atom is 0.0625 e. The van der Waals surface area contributed by atoms with Crippen LogP contribution in [0.4, 0.5) is 0 Å². The molecular weight excluding hydrogens is 555 g/mol. The van der Waals surface area contributed by atoms with Gasteiger partial charge in [0.15, 0.2) is 0 Å². The van der Waals surface area contributed by atoms with Gasteiger partial charge in [0.1, 0.15) is 0 Å². The Morgan fingerprint density at radius 1 is 0.522 bits per heavy atom. The fourth-order valence-corrected chi connectivity index (χ4v) is 8.99. The molecule has 0 N–H and O–H groups in total. The van der Waals surface area contributed by atoms with Crippen LogP contribution in [0, 0.1) is 0 Å². The smallest absolute Gasteiger partial charge is 0.0625 e. The van der Waals surface area contributed by atoms with E-state index < -0.39 is 0 Å². The largest absolute Gasteiger partial charge is 0.309 e. The van der Waals surface area contributed by atoms with Crippen LogP contribution in [0.3, 0.4) is 0 Å². The van der Waals surface area contributed by atoms with E-state index in [-0.39, 0.29) is 5.41 Å². The van der Waals surface area contributed by atoms with E-state index in [4.69, 9.17) is 0 Å². The highest BCUT2D eigenvalue weighted by atomic mass is 15.0. The van der Waals surface area contributed by atoms with E-state index >= 15 is 0 Å². The first kappa shape index (κ1) is 24.6. The average Bonchev–Trinajstić information content (AvgIpc) is 3.74. The molecule has 0 aliphatic heterocycles.